The summed E-state index contributed by atoms with van der Waals surface area (Å²) in [4.78, 5) is 12.5. The van der Waals surface area contributed by atoms with Gasteiger partial charge in [0.2, 0.25) is 0 Å². The fraction of sp³-hybridized carbons (Fsp3) is 0.235. The molecule has 3 nitrogen and oxygen atoms in total. The zero-order chi connectivity index (χ0) is 14.7. The summed E-state index contributed by atoms with van der Waals surface area (Å²) in [5.74, 6) is 0.757. The van der Waals surface area contributed by atoms with Gasteiger partial charge < -0.3 is 10.5 Å². The number of hydrogen-bond acceptors (Lipinski definition) is 3. The van der Waals surface area contributed by atoms with Crippen LogP contribution in [0.5, 0.6) is 5.75 Å². The van der Waals surface area contributed by atoms with Gasteiger partial charge in [-0.1, -0.05) is 12.1 Å². The van der Waals surface area contributed by atoms with Crippen LogP contribution in [0.25, 0.3) is 0 Å². The molecule has 0 bridgehead atoms. The number of benzene rings is 2. The Labute approximate surface area is 119 Å². The fourth-order valence-electron chi connectivity index (χ4n) is 2.07. The van der Waals surface area contributed by atoms with E-state index in [4.69, 9.17) is 10.5 Å². The Balaban J connectivity index is 2.31. The molecular weight excluding hydrogens is 250 g/mol. The number of nitrogen functional groups attached to an aromatic ring is 1. The molecule has 0 fully saturated rings. The highest BCUT2D eigenvalue weighted by molar-refractivity contribution is 6.10. The lowest BCUT2D eigenvalue weighted by molar-refractivity contribution is 0.103. The van der Waals surface area contributed by atoms with E-state index in [9.17, 15) is 4.79 Å². The molecule has 0 saturated carbocycles. The maximum Gasteiger partial charge on any atom is 0.193 e. The van der Waals surface area contributed by atoms with E-state index >= 15 is 0 Å². The Morgan fingerprint density at radius 3 is 2.50 bits per heavy atom. The highest BCUT2D eigenvalue weighted by atomic mass is 16.5. The second kappa shape index (κ2) is 5.78. The molecule has 2 N–H and O–H groups in total. The number of ether oxygens (including phenoxy) is 1. The highest BCUT2D eigenvalue weighted by Gasteiger charge is 2.13. The summed E-state index contributed by atoms with van der Waals surface area (Å²) in [6.07, 6.45) is 0.116. The van der Waals surface area contributed by atoms with Gasteiger partial charge in [0.05, 0.1) is 6.10 Å². The van der Waals surface area contributed by atoms with Gasteiger partial charge in [0, 0.05) is 16.8 Å². The molecule has 0 aliphatic carbocycles. The molecule has 0 unspecified atom stereocenters. The van der Waals surface area contributed by atoms with Gasteiger partial charge in [-0.3, -0.25) is 4.79 Å². The summed E-state index contributed by atoms with van der Waals surface area (Å²) in [5, 5.41) is 0. The van der Waals surface area contributed by atoms with Gasteiger partial charge in [-0.05, 0) is 56.7 Å². The molecule has 2 aromatic carbocycles. The summed E-state index contributed by atoms with van der Waals surface area (Å²) in [7, 11) is 0. The number of ketones is 1. The van der Waals surface area contributed by atoms with Crippen LogP contribution in [0.4, 0.5) is 5.69 Å². The predicted molar refractivity (Wildman–Crippen MR) is 81.2 cm³/mol. The van der Waals surface area contributed by atoms with E-state index in [2.05, 4.69) is 0 Å². The van der Waals surface area contributed by atoms with Crippen LogP contribution < -0.4 is 10.5 Å². The Morgan fingerprint density at radius 1 is 1.15 bits per heavy atom. The first-order chi connectivity index (χ1) is 9.47. The molecule has 0 radical (unpaired) electrons. The normalized spacial score (nSPS) is 10.6. The standard InChI is InChI=1S/C17H19NO2/c1-11(2)20-15-7-8-16(12(3)9-15)17(19)13-5-4-6-14(18)10-13/h4-11H,18H2,1-3H3. The van der Waals surface area contributed by atoms with E-state index < -0.39 is 0 Å². The molecule has 2 rings (SSSR count). The van der Waals surface area contributed by atoms with Crippen LogP contribution in [0.3, 0.4) is 0 Å². The molecule has 0 amide bonds. The van der Waals surface area contributed by atoms with E-state index in [0.29, 0.717) is 16.8 Å². The topological polar surface area (TPSA) is 52.3 Å². The molecule has 20 heavy (non-hydrogen) atoms. The Bertz CT molecular complexity index is 633. The van der Waals surface area contributed by atoms with Crippen molar-refractivity contribution in [3.8, 4) is 5.75 Å². The molecule has 104 valence electrons. The number of hydrogen-bond donors (Lipinski definition) is 1. The first-order valence-corrected chi connectivity index (χ1v) is 6.65. The van der Waals surface area contributed by atoms with Crippen molar-refractivity contribution in [2.75, 3.05) is 5.73 Å². The summed E-state index contributed by atoms with van der Waals surface area (Å²) < 4.78 is 5.62. The van der Waals surface area contributed by atoms with E-state index in [1.807, 2.05) is 32.9 Å². The van der Waals surface area contributed by atoms with Crippen molar-refractivity contribution in [1.82, 2.24) is 0 Å². The van der Waals surface area contributed by atoms with Crippen molar-refractivity contribution in [3.63, 3.8) is 0 Å². The van der Waals surface area contributed by atoms with E-state index in [1.165, 1.54) is 0 Å². The first-order valence-electron chi connectivity index (χ1n) is 6.65. The van der Waals surface area contributed by atoms with Crippen LogP contribution in [-0.2, 0) is 0 Å². The van der Waals surface area contributed by atoms with Gasteiger partial charge in [0.25, 0.3) is 0 Å². The van der Waals surface area contributed by atoms with Crippen LogP contribution in [-0.4, -0.2) is 11.9 Å². The Hall–Kier alpha value is -2.29. The molecule has 0 aromatic heterocycles. The van der Waals surface area contributed by atoms with Crippen LogP contribution in [0.2, 0.25) is 0 Å². The number of carbonyl (C=O) groups excluding carboxylic acids is 1. The largest absolute Gasteiger partial charge is 0.491 e. The van der Waals surface area contributed by atoms with Crippen molar-refractivity contribution >= 4 is 11.5 Å². The number of aryl methyl sites for hydroxylation is 1. The third-order valence-corrected chi connectivity index (χ3v) is 2.96. The summed E-state index contributed by atoms with van der Waals surface area (Å²) >= 11 is 0. The molecule has 2 aromatic rings. The maximum absolute atomic E-state index is 12.5. The molecule has 0 aliphatic rings. The van der Waals surface area contributed by atoms with Gasteiger partial charge in [-0.2, -0.15) is 0 Å². The summed E-state index contributed by atoms with van der Waals surface area (Å²) in [6.45, 7) is 5.86. The van der Waals surface area contributed by atoms with Gasteiger partial charge in [-0.15, -0.1) is 0 Å². The molecular formula is C17H19NO2. The van der Waals surface area contributed by atoms with Gasteiger partial charge in [-0.25, -0.2) is 0 Å². The van der Waals surface area contributed by atoms with E-state index in [1.54, 1.807) is 30.3 Å². The SMILES string of the molecule is Cc1cc(OC(C)C)ccc1C(=O)c1cccc(N)c1. The smallest absolute Gasteiger partial charge is 0.193 e. The lowest BCUT2D eigenvalue weighted by Crippen LogP contribution is -2.08. The molecule has 3 heteroatoms. The number of rotatable bonds is 4. The zero-order valence-corrected chi connectivity index (χ0v) is 12.0. The fourth-order valence-corrected chi connectivity index (χ4v) is 2.07. The molecule has 0 saturated heterocycles. The van der Waals surface area contributed by atoms with Crippen molar-refractivity contribution < 1.29 is 9.53 Å². The second-order valence-corrected chi connectivity index (χ2v) is 5.10. The minimum absolute atomic E-state index is 0.0223. The van der Waals surface area contributed by atoms with Gasteiger partial charge >= 0.3 is 0 Å². The maximum atomic E-state index is 12.5. The number of anilines is 1. The lowest BCUT2D eigenvalue weighted by atomic mass is 9.98. The van der Waals surface area contributed by atoms with Crippen LogP contribution >= 0.6 is 0 Å². The first kappa shape index (κ1) is 14.1. The third kappa shape index (κ3) is 3.18. The Morgan fingerprint density at radius 2 is 1.90 bits per heavy atom. The van der Waals surface area contributed by atoms with Crippen molar-refractivity contribution in [3.05, 3.63) is 59.2 Å². The van der Waals surface area contributed by atoms with Crippen LogP contribution in [0.15, 0.2) is 42.5 Å². The van der Waals surface area contributed by atoms with Crippen molar-refractivity contribution in [1.29, 1.82) is 0 Å². The molecule has 0 aliphatic heterocycles. The summed E-state index contributed by atoms with van der Waals surface area (Å²) in [6, 6.07) is 12.5. The predicted octanol–water partition coefficient (Wildman–Crippen LogP) is 3.60. The third-order valence-electron chi connectivity index (χ3n) is 2.96. The molecule has 0 heterocycles. The van der Waals surface area contributed by atoms with Crippen LogP contribution in [0.1, 0.15) is 35.3 Å². The number of nitrogens with two attached hydrogens (primary N) is 1. The Kier molecular flexibility index (Phi) is 4.08. The lowest BCUT2D eigenvalue weighted by Gasteiger charge is -2.12. The highest BCUT2D eigenvalue weighted by Crippen LogP contribution is 2.21. The average Bonchev–Trinajstić information content (AvgIpc) is 2.37. The summed E-state index contributed by atoms with van der Waals surface area (Å²) in [5.41, 5.74) is 8.48. The average molecular weight is 269 g/mol. The molecule has 0 spiro atoms. The van der Waals surface area contributed by atoms with Crippen molar-refractivity contribution in [2.45, 2.75) is 26.9 Å². The quantitative estimate of drug-likeness (QED) is 0.681. The monoisotopic (exact) mass is 269 g/mol. The molecule has 0 atom stereocenters. The van der Waals surface area contributed by atoms with Crippen LogP contribution in [0, 0.1) is 6.92 Å². The number of carbonyl (C=O) groups is 1. The van der Waals surface area contributed by atoms with E-state index in [-0.39, 0.29) is 11.9 Å². The van der Waals surface area contributed by atoms with E-state index in [0.717, 1.165) is 11.3 Å². The zero-order valence-electron chi connectivity index (χ0n) is 12.0. The van der Waals surface area contributed by atoms with Gasteiger partial charge in [0.1, 0.15) is 5.75 Å². The minimum Gasteiger partial charge on any atom is -0.491 e. The second-order valence-electron chi connectivity index (χ2n) is 5.10. The van der Waals surface area contributed by atoms with Gasteiger partial charge in [0.15, 0.2) is 5.78 Å². The van der Waals surface area contributed by atoms with Crippen molar-refractivity contribution in [2.24, 2.45) is 0 Å². The minimum atomic E-state index is -0.0223.